The Kier molecular flexibility index (Phi) is 3.64. The number of anilines is 1. The minimum atomic E-state index is 0.894. The van der Waals surface area contributed by atoms with Gasteiger partial charge < -0.3 is 4.90 Å². The summed E-state index contributed by atoms with van der Waals surface area (Å²) in [5.74, 6) is 0. The van der Waals surface area contributed by atoms with E-state index in [1.807, 2.05) is 7.05 Å². The summed E-state index contributed by atoms with van der Waals surface area (Å²) in [6.07, 6.45) is 1.02. The lowest BCUT2D eigenvalue weighted by Crippen LogP contribution is -2.10. The van der Waals surface area contributed by atoms with Gasteiger partial charge in [0.15, 0.2) is 0 Å². The average Bonchev–Trinajstić information content (AvgIpc) is 2.35. The third-order valence-corrected chi connectivity index (χ3v) is 3.01. The molecule has 17 heavy (non-hydrogen) atoms. The van der Waals surface area contributed by atoms with Gasteiger partial charge in [0.05, 0.1) is 0 Å². The average molecular weight is 227 g/mol. The minimum absolute atomic E-state index is 0.894. The summed E-state index contributed by atoms with van der Waals surface area (Å²) in [4.78, 5) is 2.18. The molecule has 0 aliphatic carbocycles. The van der Waals surface area contributed by atoms with E-state index >= 15 is 0 Å². The second kappa shape index (κ2) is 5.19. The highest BCUT2D eigenvalue weighted by molar-refractivity contribution is 5.94. The molecule has 0 saturated heterocycles. The van der Waals surface area contributed by atoms with Crippen LogP contribution in [0.3, 0.4) is 0 Å². The van der Waals surface area contributed by atoms with Gasteiger partial charge in [0.25, 0.3) is 0 Å². The molecule has 0 aliphatic heterocycles. The number of nitrogens with zero attached hydrogens (tertiary/aromatic N) is 2. The molecule has 2 nitrogen and oxygen atoms in total. The van der Waals surface area contributed by atoms with E-state index in [2.05, 4.69) is 60.7 Å². The number of hydrogen-bond donors (Lipinski definition) is 0. The van der Waals surface area contributed by atoms with Crippen molar-refractivity contribution < 1.29 is 0 Å². The molecule has 2 aromatic rings. The molecule has 89 valence electrons. The Labute approximate surface area is 103 Å². The number of rotatable bonds is 4. The summed E-state index contributed by atoms with van der Waals surface area (Å²) in [5, 5.41) is 6.80. The number of likely N-dealkylation sites (N-methyl/N-ethyl adjacent to an activating group) is 1. The predicted molar refractivity (Wildman–Crippen MR) is 74.9 cm³/mol. The fourth-order valence-corrected chi connectivity index (χ4v) is 2.11. The van der Waals surface area contributed by atoms with Crippen molar-refractivity contribution in [1.82, 2.24) is 5.32 Å². The van der Waals surface area contributed by atoms with Crippen LogP contribution in [0.5, 0.6) is 0 Å². The third-order valence-electron chi connectivity index (χ3n) is 3.01. The molecular weight excluding hydrogens is 208 g/mol. The second-order valence-corrected chi connectivity index (χ2v) is 4.52. The molecule has 0 aromatic heterocycles. The molecule has 0 fully saturated rings. The van der Waals surface area contributed by atoms with Crippen LogP contribution in [0.15, 0.2) is 36.4 Å². The van der Waals surface area contributed by atoms with E-state index in [4.69, 9.17) is 0 Å². The topological polar surface area (TPSA) is 17.3 Å². The van der Waals surface area contributed by atoms with E-state index in [0.717, 1.165) is 13.0 Å². The molecule has 0 saturated carbocycles. The number of benzene rings is 2. The van der Waals surface area contributed by atoms with Crippen LogP contribution in [0.2, 0.25) is 0 Å². The van der Waals surface area contributed by atoms with Gasteiger partial charge >= 0.3 is 0 Å². The van der Waals surface area contributed by atoms with Gasteiger partial charge in [0, 0.05) is 38.8 Å². The maximum absolute atomic E-state index is 4.17. The zero-order chi connectivity index (χ0) is 12.3. The van der Waals surface area contributed by atoms with Crippen LogP contribution in [0.4, 0.5) is 5.69 Å². The lowest BCUT2D eigenvalue weighted by Gasteiger charge is -2.17. The van der Waals surface area contributed by atoms with Crippen LogP contribution < -0.4 is 10.2 Å². The Balaban J connectivity index is 2.51. The van der Waals surface area contributed by atoms with Crippen molar-refractivity contribution in [2.75, 3.05) is 32.6 Å². The Morgan fingerprint density at radius 3 is 2.59 bits per heavy atom. The molecule has 2 aromatic carbocycles. The van der Waals surface area contributed by atoms with Crippen LogP contribution in [0.1, 0.15) is 5.56 Å². The summed E-state index contributed by atoms with van der Waals surface area (Å²) in [6.45, 7) is 0.894. The van der Waals surface area contributed by atoms with Crippen LogP contribution >= 0.6 is 0 Å². The second-order valence-electron chi connectivity index (χ2n) is 4.52. The normalized spacial score (nSPS) is 10.8. The fraction of sp³-hybridized carbons (Fsp3) is 0.333. The van der Waals surface area contributed by atoms with Crippen molar-refractivity contribution in [3.05, 3.63) is 42.0 Å². The zero-order valence-electron chi connectivity index (χ0n) is 10.8. The van der Waals surface area contributed by atoms with Crippen LogP contribution in [-0.4, -0.2) is 27.7 Å². The smallest absolute Gasteiger partial charge is 0.0443 e. The molecule has 0 aliphatic rings. The maximum Gasteiger partial charge on any atom is 0.0443 e. The van der Waals surface area contributed by atoms with Crippen molar-refractivity contribution in [2.45, 2.75) is 6.42 Å². The standard InChI is InChI=1S/C15H19N2/c1-16-9-8-12-10-13-6-4-5-7-14(13)15(11-12)17(2)3/h4-7,10-11H,8-9H2,1-3H3. The SMILES string of the molecule is C[N]CCc1cc(N(C)C)c2ccccc2c1. The van der Waals surface area contributed by atoms with Crippen LogP contribution in [-0.2, 0) is 6.42 Å². The lowest BCUT2D eigenvalue weighted by atomic mass is 10.0. The van der Waals surface area contributed by atoms with E-state index in [1.165, 1.54) is 22.0 Å². The van der Waals surface area contributed by atoms with Gasteiger partial charge in [-0.2, -0.15) is 0 Å². The molecule has 0 unspecified atom stereocenters. The molecule has 0 atom stereocenters. The van der Waals surface area contributed by atoms with Gasteiger partial charge in [0.2, 0.25) is 0 Å². The molecule has 0 bridgehead atoms. The summed E-state index contributed by atoms with van der Waals surface area (Å²) >= 11 is 0. The van der Waals surface area contributed by atoms with Gasteiger partial charge in [-0.1, -0.05) is 30.3 Å². The first-order valence-corrected chi connectivity index (χ1v) is 5.97. The number of fused-ring (bicyclic) bond motifs is 1. The molecule has 0 N–H and O–H groups in total. The summed E-state index contributed by atoms with van der Waals surface area (Å²) < 4.78 is 0. The first kappa shape index (κ1) is 11.9. The lowest BCUT2D eigenvalue weighted by molar-refractivity contribution is 0.777. The Hall–Kier alpha value is -1.54. The van der Waals surface area contributed by atoms with Crippen molar-refractivity contribution >= 4 is 16.5 Å². The fourth-order valence-electron chi connectivity index (χ4n) is 2.11. The molecule has 0 heterocycles. The van der Waals surface area contributed by atoms with Crippen LogP contribution in [0.25, 0.3) is 10.8 Å². The highest BCUT2D eigenvalue weighted by Crippen LogP contribution is 2.27. The van der Waals surface area contributed by atoms with Gasteiger partial charge in [-0.05, 0) is 23.4 Å². The molecular formula is C15H19N2. The van der Waals surface area contributed by atoms with Crippen molar-refractivity contribution in [2.24, 2.45) is 0 Å². The molecule has 2 rings (SSSR count). The molecule has 2 heteroatoms. The Morgan fingerprint density at radius 2 is 1.88 bits per heavy atom. The molecule has 0 spiro atoms. The van der Waals surface area contributed by atoms with Crippen molar-refractivity contribution in [3.8, 4) is 0 Å². The van der Waals surface area contributed by atoms with Gasteiger partial charge in [-0.25, -0.2) is 5.32 Å². The van der Waals surface area contributed by atoms with Gasteiger partial charge in [0.1, 0.15) is 0 Å². The van der Waals surface area contributed by atoms with E-state index in [-0.39, 0.29) is 0 Å². The summed E-state index contributed by atoms with van der Waals surface area (Å²) in [7, 11) is 6.05. The van der Waals surface area contributed by atoms with Crippen LogP contribution in [0, 0.1) is 0 Å². The maximum atomic E-state index is 4.17. The van der Waals surface area contributed by atoms with E-state index in [9.17, 15) is 0 Å². The van der Waals surface area contributed by atoms with E-state index in [0.29, 0.717) is 0 Å². The predicted octanol–water partition coefficient (Wildman–Crippen LogP) is 2.68. The Bertz CT molecular complexity index is 503. The van der Waals surface area contributed by atoms with Gasteiger partial charge in [-0.3, -0.25) is 0 Å². The first-order chi connectivity index (χ1) is 8.22. The first-order valence-electron chi connectivity index (χ1n) is 5.97. The summed E-state index contributed by atoms with van der Waals surface area (Å²) in [5.41, 5.74) is 2.65. The largest absolute Gasteiger partial charge is 0.377 e. The zero-order valence-corrected chi connectivity index (χ0v) is 10.8. The number of hydrogen-bond acceptors (Lipinski definition) is 1. The minimum Gasteiger partial charge on any atom is -0.377 e. The molecule has 1 radical (unpaired) electrons. The van der Waals surface area contributed by atoms with Crippen molar-refractivity contribution in [1.29, 1.82) is 0 Å². The highest BCUT2D eigenvalue weighted by atomic mass is 15.1. The summed E-state index contributed by atoms with van der Waals surface area (Å²) in [6, 6.07) is 13.1. The Morgan fingerprint density at radius 1 is 1.12 bits per heavy atom. The highest BCUT2D eigenvalue weighted by Gasteiger charge is 2.05. The van der Waals surface area contributed by atoms with Gasteiger partial charge in [-0.15, -0.1) is 0 Å². The third kappa shape index (κ3) is 2.59. The van der Waals surface area contributed by atoms with E-state index in [1.54, 1.807) is 0 Å². The van der Waals surface area contributed by atoms with E-state index < -0.39 is 0 Å². The molecule has 0 amide bonds. The quantitative estimate of drug-likeness (QED) is 0.785. The van der Waals surface area contributed by atoms with Crippen molar-refractivity contribution in [3.63, 3.8) is 0 Å². The monoisotopic (exact) mass is 227 g/mol.